The predicted octanol–water partition coefficient (Wildman–Crippen LogP) is 2.77. The molecule has 0 radical (unpaired) electrons. The van der Waals surface area contributed by atoms with Crippen molar-refractivity contribution in [1.82, 2.24) is 9.80 Å². The van der Waals surface area contributed by atoms with E-state index < -0.39 is 0 Å². The summed E-state index contributed by atoms with van der Waals surface area (Å²) in [5.74, 6) is 0.165. The molecule has 0 unspecified atom stereocenters. The van der Waals surface area contributed by atoms with Crippen molar-refractivity contribution in [1.29, 1.82) is 0 Å². The SMILES string of the molecule is CC(=O)N1CCN(Cc2cc(Cl)ccc2Br)CC1. The maximum absolute atomic E-state index is 11.2. The Morgan fingerprint density at radius 2 is 2.00 bits per heavy atom. The van der Waals surface area contributed by atoms with Gasteiger partial charge < -0.3 is 4.90 Å². The van der Waals surface area contributed by atoms with Gasteiger partial charge in [-0.3, -0.25) is 9.69 Å². The monoisotopic (exact) mass is 330 g/mol. The molecule has 0 N–H and O–H groups in total. The molecule has 2 rings (SSSR count). The molecule has 0 saturated carbocycles. The Balaban J connectivity index is 1.95. The van der Waals surface area contributed by atoms with Crippen LogP contribution >= 0.6 is 27.5 Å². The van der Waals surface area contributed by atoms with Crippen LogP contribution in [0.4, 0.5) is 0 Å². The lowest BCUT2D eigenvalue weighted by molar-refractivity contribution is -0.130. The maximum atomic E-state index is 11.2. The number of hydrogen-bond acceptors (Lipinski definition) is 2. The van der Waals surface area contributed by atoms with E-state index in [2.05, 4.69) is 20.8 Å². The second-order valence-electron chi connectivity index (χ2n) is 4.52. The van der Waals surface area contributed by atoms with Gasteiger partial charge in [0.15, 0.2) is 0 Å². The Morgan fingerprint density at radius 1 is 1.33 bits per heavy atom. The molecule has 1 fully saturated rings. The highest BCUT2D eigenvalue weighted by Gasteiger charge is 2.19. The highest BCUT2D eigenvalue weighted by Crippen LogP contribution is 2.23. The Labute approximate surface area is 121 Å². The summed E-state index contributed by atoms with van der Waals surface area (Å²) in [6, 6.07) is 5.84. The van der Waals surface area contributed by atoms with Crippen LogP contribution < -0.4 is 0 Å². The lowest BCUT2D eigenvalue weighted by Crippen LogP contribution is -2.47. The minimum Gasteiger partial charge on any atom is -0.340 e. The van der Waals surface area contributed by atoms with Crippen LogP contribution in [0.15, 0.2) is 22.7 Å². The van der Waals surface area contributed by atoms with Gasteiger partial charge in [0.05, 0.1) is 0 Å². The first-order valence-electron chi connectivity index (χ1n) is 5.98. The smallest absolute Gasteiger partial charge is 0.219 e. The Kier molecular flexibility index (Phi) is 4.65. The number of benzene rings is 1. The molecule has 0 atom stereocenters. The number of amides is 1. The van der Waals surface area contributed by atoms with Gasteiger partial charge >= 0.3 is 0 Å². The van der Waals surface area contributed by atoms with Gasteiger partial charge in [-0.25, -0.2) is 0 Å². The number of hydrogen-bond donors (Lipinski definition) is 0. The van der Waals surface area contributed by atoms with Gasteiger partial charge in [-0.1, -0.05) is 27.5 Å². The number of halogens is 2. The number of carbonyl (C=O) groups excluding carboxylic acids is 1. The van der Waals surface area contributed by atoms with E-state index in [0.29, 0.717) is 0 Å². The number of carbonyl (C=O) groups is 1. The molecule has 1 aliphatic rings. The van der Waals surface area contributed by atoms with E-state index in [1.807, 2.05) is 23.1 Å². The van der Waals surface area contributed by atoms with E-state index in [9.17, 15) is 4.79 Å². The van der Waals surface area contributed by atoms with Crippen LogP contribution in [0.25, 0.3) is 0 Å². The summed E-state index contributed by atoms with van der Waals surface area (Å²) < 4.78 is 1.08. The molecule has 1 aromatic rings. The van der Waals surface area contributed by atoms with E-state index in [4.69, 9.17) is 11.6 Å². The first-order valence-corrected chi connectivity index (χ1v) is 7.15. The standard InChI is InChI=1S/C13H16BrClN2O/c1-10(18)17-6-4-16(5-7-17)9-11-8-12(15)2-3-13(11)14/h2-3,8H,4-7,9H2,1H3. The first-order chi connectivity index (χ1) is 8.56. The zero-order valence-corrected chi connectivity index (χ0v) is 12.7. The Bertz CT molecular complexity index is 445. The molecule has 0 bridgehead atoms. The van der Waals surface area contributed by atoms with Crippen LogP contribution in [-0.4, -0.2) is 41.9 Å². The minimum absolute atomic E-state index is 0.165. The summed E-state index contributed by atoms with van der Waals surface area (Å²) in [6.45, 7) is 5.95. The normalized spacial score (nSPS) is 16.9. The molecule has 3 nitrogen and oxygen atoms in total. The van der Waals surface area contributed by atoms with Crippen LogP contribution in [0.1, 0.15) is 12.5 Å². The van der Waals surface area contributed by atoms with Gasteiger partial charge in [-0.05, 0) is 23.8 Å². The van der Waals surface area contributed by atoms with Crippen molar-refractivity contribution in [2.75, 3.05) is 26.2 Å². The third kappa shape index (κ3) is 3.46. The van der Waals surface area contributed by atoms with E-state index in [-0.39, 0.29) is 5.91 Å². The summed E-state index contributed by atoms with van der Waals surface area (Å²) in [4.78, 5) is 15.5. The first kappa shape index (κ1) is 13.8. The van der Waals surface area contributed by atoms with Gasteiger partial charge in [0.1, 0.15) is 0 Å². The average molecular weight is 332 g/mol. The van der Waals surface area contributed by atoms with Crippen molar-refractivity contribution in [2.45, 2.75) is 13.5 Å². The van der Waals surface area contributed by atoms with Crippen LogP contribution in [0.3, 0.4) is 0 Å². The van der Waals surface area contributed by atoms with Crippen molar-refractivity contribution in [2.24, 2.45) is 0 Å². The summed E-state index contributed by atoms with van der Waals surface area (Å²) in [5.41, 5.74) is 1.19. The molecule has 1 heterocycles. The third-order valence-corrected chi connectivity index (χ3v) is 4.23. The fourth-order valence-corrected chi connectivity index (χ4v) is 2.69. The van der Waals surface area contributed by atoms with Crippen LogP contribution in [0, 0.1) is 0 Å². The fraction of sp³-hybridized carbons (Fsp3) is 0.462. The lowest BCUT2D eigenvalue weighted by atomic mass is 10.2. The maximum Gasteiger partial charge on any atom is 0.219 e. The topological polar surface area (TPSA) is 23.6 Å². The highest BCUT2D eigenvalue weighted by molar-refractivity contribution is 9.10. The molecule has 1 aromatic carbocycles. The van der Waals surface area contributed by atoms with Crippen molar-refractivity contribution < 1.29 is 4.79 Å². The predicted molar refractivity (Wildman–Crippen MR) is 76.7 cm³/mol. The zero-order chi connectivity index (χ0) is 13.1. The largest absolute Gasteiger partial charge is 0.340 e. The van der Waals surface area contributed by atoms with Crippen molar-refractivity contribution in [3.63, 3.8) is 0 Å². The van der Waals surface area contributed by atoms with Gasteiger partial charge in [-0.15, -0.1) is 0 Å². The average Bonchev–Trinajstić information content (AvgIpc) is 2.34. The molecule has 18 heavy (non-hydrogen) atoms. The van der Waals surface area contributed by atoms with Gasteiger partial charge in [0, 0.05) is 49.1 Å². The highest BCUT2D eigenvalue weighted by atomic mass is 79.9. The van der Waals surface area contributed by atoms with Crippen molar-refractivity contribution in [3.8, 4) is 0 Å². The van der Waals surface area contributed by atoms with Gasteiger partial charge in [-0.2, -0.15) is 0 Å². The van der Waals surface area contributed by atoms with Crippen LogP contribution in [0.2, 0.25) is 5.02 Å². The number of rotatable bonds is 2. The second kappa shape index (κ2) is 6.04. The van der Waals surface area contributed by atoms with Crippen molar-refractivity contribution >= 4 is 33.4 Å². The van der Waals surface area contributed by atoms with Gasteiger partial charge in [0.25, 0.3) is 0 Å². The Hall–Kier alpha value is -0.580. The van der Waals surface area contributed by atoms with E-state index in [1.165, 1.54) is 5.56 Å². The quantitative estimate of drug-likeness (QED) is 0.832. The van der Waals surface area contributed by atoms with Gasteiger partial charge in [0.2, 0.25) is 5.91 Å². The summed E-state index contributed by atoms with van der Waals surface area (Å²) in [6.07, 6.45) is 0. The van der Waals surface area contributed by atoms with E-state index >= 15 is 0 Å². The lowest BCUT2D eigenvalue weighted by Gasteiger charge is -2.34. The molecule has 0 aromatic heterocycles. The third-order valence-electron chi connectivity index (χ3n) is 3.22. The van der Waals surface area contributed by atoms with E-state index in [0.717, 1.165) is 42.2 Å². The fourth-order valence-electron chi connectivity index (χ4n) is 2.13. The van der Waals surface area contributed by atoms with Crippen LogP contribution in [0.5, 0.6) is 0 Å². The molecular weight excluding hydrogens is 316 g/mol. The second-order valence-corrected chi connectivity index (χ2v) is 5.81. The van der Waals surface area contributed by atoms with E-state index in [1.54, 1.807) is 6.92 Å². The summed E-state index contributed by atoms with van der Waals surface area (Å²) in [7, 11) is 0. The molecular formula is C13H16BrClN2O. The molecule has 0 spiro atoms. The molecule has 1 saturated heterocycles. The number of nitrogens with zero attached hydrogens (tertiary/aromatic N) is 2. The minimum atomic E-state index is 0.165. The van der Waals surface area contributed by atoms with Crippen molar-refractivity contribution in [3.05, 3.63) is 33.3 Å². The molecule has 1 aliphatic heterocycles. The number of piperazine rings is 1. The molecule has 5 heteroatoms. The molecule has 0 aliphatic carbocycles. The Morgan fingerprint density at radius 3 is 2.61 bits per heavy atom. The summed E-state index contributed by atoms with van der Waals surface area (Å²) >= 11 is 9.55. The zero-order valence-electron chi connectivity index (χ0n) is 10.3. The molecule has 1 amide bonds. The summed E-state index contributed by atoms with van der Waals surface area (Å²) in [5, 5.41) is 0.760. The van der Waals surface area contributed by atoms with Crippen LogP contribution in [-0.2, 0) is 11.3 Å². The molecule has 98 valence electrons.